The van der Waals surface area contributed by atoms with E-state index in [0.29, 0.717) is 32.4 Å². The molecule has 0 aromatic heterocycles. The Morgan fingerprint density at radius 3 is 2.59 bits per heavy atom. The van der Waals surface area contributed by atoms with Crippen LogP contribution in [0.25, 0.3) is 0 Å². The van der Waals surface area contributed by atoms with Crippen LogP contribution in [-0.2, 0) is 30.3 Å². The van der Waals surface area contributed by atoms with E-state index in [-0.39, 0.29) is 56.0 Å². The van der Waals surface area contributed by atoms with E-state index in [2.05, 4.69) is 10.6 Å². The number of hydrogen-bond acceptors (Lipinski definition) is 6. The molecule has 0 bridgehead atoms. The predicted octanol–water partition coefficient (Wildman–Crippen LogP) is 1.37. The molecule has 1 aliphatic rings. The SMILES string of the molecule is C[C@H]1COC(=O)[C@H](Cc2ccccc2)CC=CC[C@H](CC(=O)NCCOCCO)C(=O)N1. The van der Waals surface area contributed by atoms with Crippen molar-refractivity contribution in [2.24, 2.45) is 11.8 Å². The van der Waals surface area contributed by atoms with Gasteiger partial charge < -0.3 is 25.2 Å². The maximum absolute atomic E-state index is 12.7. The molecule has 1 aromatic carbocycles. The Labute approximate surface area is 189 Å². The van der Waals surface area contributed by atoms with E-state index in [1.165, 1.54) is 0 Å². The molecule has 176 valence electrons. The summed E-state index contributed by atoms with van der Waals surface area (Å²) in [5.41, 5.74) is 1.06. The minimum absolute atomic E-state index is 0.0517. The second kappa shape index (κ2) is 14.4. The number of hydrogen-bond donors (Lipinski definition) is 3. The minimum Gasteiger partial charge on any atom is -0.463 e. The van der Waals surface area contributed by atoms with E-state index in [1.807, 2.05) is 42.5 Å². The number of allylic oxidation sites excluding steroid dienone is 2. The highest BCUT2D eigenvalue weighted by Crippen LogP contribution is 2.18. The number of esters is 1. The Balaban J connectivity index is 1.97. The Bertz CT molecular complexity index is 752. The first kappa shape index (κ1) is 25.5. The van der Waals surface area contributed by atoms with Crippen molar-refractivity contribution in [3.63, 3.8) is 0 Å². The van der Waals surface area contributed by atoms with Gasteiger partial charge in [0.05, 0.1) is 37.7 Å². The minimum atomic E-state index is -0.519. The molecule has 32 heavy (non-hydrogen) atoms. The molecule has 1 aliphatic heterocycles. The number of cyclic esters (lactones) is 1. The summed E-state index contributed by atoms with van der Waals surface area (Å²) in [5.74, 6) is -1.59. The Morgan fingerprint density at radius 2 is 1.88 bits per heavy atom. The Hall–Kier alpha value is -2.71. The number of aliphatic hydroxyl groups excluding tert-OH is 1. The van der Waals surface area contributed by atoms with Crippen molar-refractivity contribution in [3.8, 4) is 0 Å². The second-order valence-corrected chi connectivity index (χ2v) is 7.96. The van der Waals surface area contributed by atoms with Crippen molar-refractivity contribution in [1.82, 2.24) is 10.6 Å². The number of carbonyl (C=O) groups excluding carboxylic acids is 3. The Morgan fingerprint density at radius 1 is 1.16 bits per heavy atom. The zero-order valence-corrected chi connectivity index (χ0v) is 18.6. The van der Waals surface area contributed by atoms with Crippen LogP contribution in [-0.4, -0.2) is 61.9 Å². The summed E-state index contributed by atoms with van der Waals surface area (Å²) in [6.07, 6.45) is 5.29. The van der Waals surface area contributed by atoms with E-state index in [9.17, 15) is 14.4 Å². The van der Waals surface area contributed by atoms with Gasteiger partial charge >= 0.3 is 5.97 Å². The van der Waals surface area contributed by atoms with E-state index >= 15 is 0 Å². The van der Waals surface area contributed by atoms with E-state index in [1.54, 1.807) is 6.92 Å². The van der Waals surface area contributed by atoms with Crippen molar-refractivity contribution in [2.75, 3.05) is 33.0 Å². The van der Waals surface area contributed by atoms with Crippen molar-refractivity contribution in [3.05, 3.63) is 48.0 Å². The molecule has 3 N–H and O–H groups in total. The van der Waals surface area contributed by atoms with Gasteiger partial charge in [0.2, 0.25) is 11.8 Å². The lowest BCUT2D eigenvalue weighted by atomic mass is 9.94. The van der Waals surface area contributed by atoms with Crippen molar-refractivity contribution in [2.45, 2.75) is 38.6 Å². The number of nitrogens with one attached hydrogen (secondary N) is 2. The summed E-state index contributed by atoms with van der Waals surface area (Å²) >= 11 is 0. The van der Waals surface area contributed by atoms with Gasteiger partial charge in [0.1, 0.15) is 6.61 Å². The molecular weight excluding hydrogens is 412 g/mol. The highest BCUT2D eigenvalue weighted by atomic mass is 16.5. The molecule has 8 nitrogen and oxygen atoms in total. The first-order valence-corrected chi connectivity index (χ1v) is 11.1. The Kier molecular flexibility index (Phi) is 11.5. The molecule has 0 radical (unpaired) electrons. The molecule has 3 atom stereocenters. The average molecular weight is 447 g/mol. The molecule has 0 saturated heterocycles. The zero-order valence-electron chi connectivity index (χ0n) is 18.6. The third kappa shape index (κ3) is 9.62. The molecule has 8 heteroatoms. The molecular formula is C24H34N2O6. The molecule has 0 saturated carbocycles. The van der Waals surface area contributed by atoms with Crippen molar-refractivity contribution in [1.29, 1.82) is 0 Å². The number of ether oxygens (including phenoxy) is 2. The van der Waals surface area contributed by atoms with Crippen LogP contribution in [0.2, 0.25) is 0 Å². The topological polar surface area (TPSA) is 114 Å². The molecule has 1 heterocycles. The second-order valence-electron chi connectivity index (χ2n) is 7.96. The third-order valence-corrected chi connectivity index (χ3v) is 5.14. The fourth-order valence-corrected chi connectivity index (χ4v) is 3.42. The van der Waals surface area contributed by atoms with E-state index in [4.69, 9.17) is 14.6 Å². The maximum atomic E-state index is 12.7. The summed E-state index contributed by atoms with van der Waals surface area (Å²) in [4.78, 5) is 37.5. The lowest BCUT2D eigenvalue weighted by molar-refractivity contribution is -0.149. The zero-order chi connectivity index (χ0) is 23.2. The van der Waals surface area contributed by atoms with Gasteiger partial charge in [-0.2, -0.15) is 0 Å². The van der Waals surface area contributed by atoms with Crippen LogP contribution < -0.4 is 10.6 Å². The quantitative estimate of drug-likeness (QED) is 0.300. The van der Waals surface area contributed by atoms with Gasteiger partial charge in [0.25, 0.3) is 0 Å². The normalized spacial score (nSPS) is 22.2. The van der Waals surface area contributed by atoms with Gasteiger partial charge in [-0.25, -0.2) is 0 Å². The van der Waals surface area contributed by atoms with Crippen molar-refractivity contribution < 1.29 is 29.0 Å². The predicted molar refractivity (Wildman–Crippen MR) is 120 cm³/mol. The summed E-state index contributed by atoms with van der Waals surface area (Å²) in [6, 6.07) is 9.44. The number of amides is 2. The van der Waals surface area contributed by atoms with Crippen LogP contribution in [0.4, 0.5) is 0 Å². The lowest BCUT2D eigenvalue weighted by Gasteiger charge is -2.22. The number of aliphatic hydroxyl groups is 1. The van der Waals surface area contributed by atoms with Gasteiger partial charge in [-0.15, -0.1) is 0 Å². The average Bonchev–Trinajstić information content (AvgIpc) is 2.78. The lowest BCUT2D eigenvalue weighted by Crippen LogP contribution is -2.42. The van der Waals surface area contributed by atoms with Gasteiger partial charge in [0.15, 0.2) is 0 Å². The van der Waals surface area contributed by atoms with Crippen molar-refractivity contribution >= 4 is 17.8 Å². The highest BCUT2D eigenvalue weighted by molar-refractivity contribution is 5.86. The molecule has 0 fully saturated rings. The van der Waals surface area contributed by atoms with Crippen LogP contribution >= 0.6 is 0 Å². The molecule has 2 amide bonds. The van der Waals surface area contributed by atoms with E-state index in [0.717, 1.165) is 5.56 Å². The van der Waals surface area contributed by atoms with Gasteiger partial charge in [-0.05, 0) is 31.7 Å². The molecule has 0 aliphatic carbocycles. The van der Waals surface area contributed by atoms with Gasteiger partial charge in [0, 0.05) is 13.0 Å². The monoisotopic (exact) mass is 446 g/mol. The van der Waals surface area contributed by atoms with E-state index < -0.39 is 5.92 Å². The fraction of sp³-hybridized carbons (Fsp3) is 0.542. The number of benzene rings is 1. The van der Waals surface area contributed by atoms with Crippen LogP contribution in [0.1, 0.15) is 31.7 Å². The van der Waals surface area contributed by atoms with Crippen LogP contribution in [0.3, 0.4) is 0 Å². The van der Waals surface area contributed by atoms with Crippen LogP contribution in [0.5, 0.6) is 0 Å². The smallest absolute Gasteiger partial charge is 0.309 e. The first-order valence-electron chi connectivity index (χ1n) is 11.1. The first-order chi connectivity index (χ1) is 15.5. The standard InChI is InChI=1S/C24H34N2O6/c1-18-17-32-24(30)21(15-19-7-3-2-4-8-19)10-6-5-9-20(23(29)26-18)16-22(28)25-11-13-31-14-12-27/h2-8,18,20-21,27H,9-17H2,1H3,(H,25,28)(H,26,29)/t18-,20+,21-/m0/s1. The fourth-order valence-electron chi connectivity index (χ4n) is 3.42. The van der Waals surface area contributed by atoms with Crippen LogP contribution in [0.15, 0.2) is 42.5 Å². The van der Waals surface area contributed by atoms with Crippen LogP contribution in [0, 0.1) is 11.8 Å². The summed E-state index contributed by atoms with van der Waals surface area (Å²) in [5, 5.41) is 14.3. The highest BCUT2D eigenvalue weighted by Gasteiger charge is 2.25. The summed E-state index contributed by atoms with van der Waals surface area (Å²) in [7, 11) is 0. The molecule has 0 spiro atoms. The van der Waals surface area contributed by atoms with Gasteiger partial charge in [-0.3, -0.25) is 14.4 Å². The molecule has 2 rings (SSSR count). The summed E-state index contributed by atoms with van der Waals surface area (Å²) in [6.45, 7) is 2.63. The number of carbonyl (C=O) groups is 3. The number of rotatable bonds is 9. The summed E-state index contributed by atoms with van der Waals surface area (Å²) < 4.78 is 10.6. The maximum Gasteiger partial charge on any atom is 0.309 e. The van der Waals surface area contributed by atoms with Gasteiger partial charge in [-0.1, -0.05) is 42.5 Å². The largest absolute Gasteiger partial charge is 0.463 e. The molecule has 0 unspecified atom stereocenters. The molecule has 1 aromatic rings. The third-order valence-electron chi connectivity index (χ3n) is 5.14.